The van der Waals surface area contributed by atoms with Crippen LogP contribution in [0.3, 0.4) is 0 Å². The third-order valence-electron chi connectivity index (χ3n) is 3.01. The molecule has 21 heavy (non-hydrogen) atoms. The van der Waals surface area contributed by atoms with Gasteiger partial charge in [0, 0.05) is 29.9 Å². The molecule has 0 radical (unpaired) electrons. The van der Waals surface area contributed by atoms with E-state index in [0.717, 1.165) is 5.56 Å². The zero-order valence-corrected chi connectivity index (χ0v) is 13.4. The van der Waals surface area contributed by atoms with Crippen molar-refractivity contribution < 1.29 is 14.6 Å². The van der Waals surface area contributed by atoms with Crippen molar-refractivity contribution in [1.29, 1.82) is 0 Å². The van der Waals surface area contributed by atoms with Crippen molar-refractivity contribution in [2.45, 2.75) is 33.0 Å². The number of ether oxygens (including phenoxy) is 1. The van der Waals surface area contributed by atoms with Gasteiger partial charge in [0.05, 0.1) is 12.7 Å². The zero-order chi connectivity index (χ0) is 15.8. The van der Waals surface area contributed by atoms with Crippen molar-refractivity contribution in [2.75, 3.05) is 19.0 Å². The first-order valence-corrected chi connectivity index (χ1v) is 7.31. The van der Waals surface area contributed by atoms with E-state index in [-0.39, 0.29) is 18.1 Å². The number of aliphatic hydroxyl groups is 1. The van der Waals surface area contributed by atoms with E-state index in [1.807, 2.05) is 6.92 Å². The third kappa shape index (κ3) is 6.33. The molecule has 0 aliphatic rings. The maximum absolute atomic E-state index is 11.9. The molecule has 1 aromatic rings. The molecule has 2 unspecified atom stereocenters. The maximum atomic E-state index is 11.9. The minimum absolute atomic E-state index is 0.202. The molecule has 0 saturated carbocycles. The Morgan fingerprint density at radius 1 is 1.43 bits per heavy atom. The second-order valence-corrected chi connectivity index (χ2v) is 5.63. The van der Waals surface area contributed by atoms with E-state index < -0.39 is 0 Å². The van der Waals surface area contributed by atoms with Crippen LogP contribution in [-0.4, -0.2) is 30.9 Å². The molecule has 2 amide bonds. The van der Waals surface area contributed by atoms with Crippen LogP contribution in [0, 0.1) is 5.92 Å². The predicted molar refractivity (Wildman–Crippen MR) is 84.6 cm³/mol. The first kappa shape index (κ1) is 17.8. The molecule has 5 nitrogen and oxygen atoms in total. The molecule has 2 atom stereocenters. The molecule has 0 saturated heterocycles. The number of amides is 2. The topological polar surface area (TPSA) is 70.6 Å². The van der Waals surface area contributed by atoms with Gasteiger partial charge in [0.25, 0.3) is 0 Å². The average molecular weight is 315 g/mol. The molecule has 0 aromatic heterocycles. The number of benzene rings is 1. The molecule has 0 fully saturated rings. The highest BCUT2D eigenvalue weighted by Crippen LogP contribution is 2.25. The summed E-state index contributed by atoms with van der Waals surface area (Å²) >= 11 is 6.10. The summed E-state index contributed by atoms with van der Waals surface area (Å²) < 4.78 is 5.09. The summed E-state index contributed by atoms with van der Waals surface area (Å²) in [6, 6.07) is 5.00. The molecule has 0 spiro atoms. The normalized spacial score (nSPS) is 13.6. The van der Waals surface area contributed by atoms with Crippen molar-refractivity contribution in [2.24, 2.45) is 5.92 Å². The lowest BCUT2D eigenvalue weighted by molar-refractivity contribution is 0.163. The third-order valence-corrected chi connectivity index (χ3v) is 3.36. The molecule has 1 rings (SSSR count). The molecule has 0 aliphatic carbocycles. The number of carbonyl (C=O) groups is 1. The summed E-state index contributed by atoms with van der Waals surface area (Å²) in [6.45, 7) is 4.53. The summed E-state index contributed by atoms with van der Waals surface area (Å²) in [5, 5.41) is 15.4. The number of rotatable bonds is 7. The van der Waals surface area contributed by atoms with Gasteiger partial charge < -0.3 is 20.5 Å². The number of aliphatic hydroxyl groups excluding tert-OH is 1. The number of anilines is 1. The first-order valence-electron chi connectivity index (χ1n) is 6.93. The Morgan fingerprint density at radius 2 is 2.14 bits per heavy atom. The SMILES string of the molecule is COCc1c(Cl)cccc1NC(=O)NCC(C)CC(C)O. The molecule has 118 valence electrons. The van der Waals surface area contributed by atoms with Gasteiger partial charge in [-0.2, -0.15) is 0 Å². The van der Waals surface area contributed by atoms with Gasteiger partial charge in [-0.1, -0.05) is 24.6 Å². The van der Waals surface area contributed by atoms with Gasteiger partial charge in [-0.25, -0.2) is 4.79 Å². The Morgan fingerprint density at radius 3 is 2.76 bits per heavy atom. The Balaban J connectivity index is 2.57. The van der Waals surface area contributed by atoms with Gasteiger partial charge in [0.15, 0.2) is 0 Å². The minimum atomic E-state index is -0.369. The van der Waals surface area contributed by atoms with E-state index >= 15 is 0 Å². The summed E-state index contributed by atoms with van der Waals surface area (Å²) in [6.07, 6.45) is 0.276. The van der Waals surface area contributed by atoms with Crippen LogP contribution in [0.15, 0.2) is 18.2 Å². The lowest BCUT2D eigenvalue weighted by atomic mass is 10.1. The quantitative estimate of drug-likeness (QED) is 0.724. The summed E-state index contributed by atoms with van der Waals surface area (Å²) in [5.74, 6) is 0.202. The number of halogens is 1. The van der Waals surface area contributed by atoms with Crippen molar-refractivity contribution in [1.82, 2.24) is 5.32 Å². The first-order chi connectivity index (χ1) is 9.93. The number of carbonyl (C=O) groups excluding carboxylic acids is 1. The van der Waals surface area contributed by atoms with Gasteiger partial charge in [0.2, 0.25) is 0 Å². The van der Waals surface area contributed by atoms with Crippen molar-refractivity contribution in [3.8, 4) is 0 Å². The summed E-state index contributed by atoms with van der Waals surface area (Å²) in [5.41, 5.74) is 1.37. The molecule has 0 bridgehead atoms. The lowest BCUT2D eigenvalue weighted by Crippen LogP contribution is -2.33. The van der Waals surface area contributed by atoms with Crippen molar-refractivity contribution in [3.05, 3.63) is 28.8 Å². The van der Waals surface area contributed by atoms with Crippen LogP contribution in [-0.2, 0) is 11.3 Å². The van der Waals surface area contributed by atoms with Gasteiger partial charge in [0.1, 0.15) is 0 Å². The highest BCUT2D eigenvalue weighted by Gasteiger charge is 2.11. The van der Waals surface area contributed by atoms with Gasteiger partial charge in [-0.05, 0) is 31.4 Å². The molecular weight excluding hydrogens is 292 g/mol. The second-order valence-electron chi connectivity index (χ2n) is 5.22. The van der Waals surface area contributed by atoms with Crippen LogP contribution in [0.5, 0.6) is 0 Å². The number of urea groups is 1. The fourth-order valence-corrected chi connectivity index (χ4v) is 2.29. The Kier molecular flexibility index (Phi) is 7.50. The van der Waals surface area contributed by atoms with E-state index in [1.165, 1.54) is 0 Å². The van der Waals surface area contributed by atoms with E-state index in [2.05, 4.69) is 10.6 Å². The van der Waals surface area contributed by atoms with Crippen molar-refractivity contribution in [3.63, 3.8) is 0 Å². The largest absolute Gasteiger partial charge is 0.393 e. The van der Waals surface area contributed by atoms with Gasteiger partial charge >= 0.3 is 6.03 Å². The summed E-state index contributed by atoms with van der Waals surface area (Å²) in [7, 11) is 1.57. The standard InChI is InChI=1S/C15H23ClN2O3/c1-10(7-11(2)19)8-17-15(20)18-14-6-4-5-13(16)12(14)9-21-3/h4-6,10-11,19H,7-9H2,1-3H3,(H2,17,18,20). The monoisotopic (exact) mass is 314 g/mol. The lowest BCUT2D eigenvalue weighted by Gasteiger charge is -2.16. The average Bonchev–Trinajstić information content (AvgIpc) is 2.40. The van der Waals surface area contributed by atoms with Gasteiger partial charge in [-0.3, -0.25) is 0 Å². The zero-order valence-electron chi connectivity index (χ0n) is 12.6. The van der Waals surface area contributed by atoms with E-state index in [0.29, 0.717) is 30.3 Å². The minimum Gasteiger partial charge on any atom is -0.393 e. The Labute approximate surface area is 130 Å². The predicted octanol–water partition coefficient (Wildman–Crippen LogP) is 3.01. The van der Waals surface area contributed by atoms with Crippen LogP contribution in [0.4, 0.5) is 10.5 Å². The summed E-state index contributed by atoms with van der Waals surface area (Å²) in [4.78, 5) is 11.9. The fraction of sp³-hybridized carbons (Fsp3) is 0.533. The molecule has 3 N–H and O–H groups in total. The molecule has 6 heteroatoms. The van der Waals surface area contributed by atoms with Crippen LogP contribution in [0.2, 0.25) is 5.02 Å². The van der Waals surface area contributed by atoms with E-state index in [4.69, 9.17) is 16.3 Å². The smallest absolute Gasteiger partial charge is 0.319 e. The Hall–Kier alpha value is -1.30. The second kappa shape index (κ2) is 8.87. The van der Waals surface area contributed by atoms with E-state index in [1.54, 1.807) is 32.2 Å². The van der Waals surface area contributed by atoms with Crippen molar-refractivity contribution >= 4 is 23.3 Å². The number of methoxy groups -OCH3 is 1. The van der Waals surface area contributed by atoms with E-state index in [9.17, 15) is 9.90 Å². The number of hydrogen-bond acceptors (Lipinski definition) is 3. The van der Waals surface area contributed by atoms with Crippen LogP contribution >= 0.6 is 11.6 Å². The number of nitrogens with one attached hydrogen (secondary N) is 2. The molecular formula is C15H23ClN2O3. The van der Waals surface area contributed by atoms with Crippen LogP contribution in [0.25, 0.3) is 0 Å². The highest BCUT2D eigenvalue weighted by molar-refractivity contribution is 6.31. The molecule has 0 heterocycles. The molecule has 0 aliphatic heterocycles. The van der Waals surface area contributed by atoms with Crippen LogP contribution in [0.1, 0.15) is 25.8 Å². The van der Waals surface area contributed by atoms with Gasteiger partial charge in [-0.15, -0.1) is 0 Å². The van der Waals surface area contributed by atoms with Crippen LogP contribution < -0.4 is 10.6 Å². The molecule has 1 aromatic carbocycles. The number of hydrogen-bond donors (Lipinski definition) is 3. The maximum Gasteiger partial charge on any atom is 0.319 e. The fourth-order valence-electron chi connectivity index (χ4n) is 2.07. The Bertz CT molecular complexity index is 466. The highest BCUT2D eigenvalue weighted by atomic mass is 35.5.